The van der Waals surface area contributed by atoms with Crippen molar-refractivity contribution in [3.8, 4) is 5.75 Å². The van der Waals surface area contributed by atoms with Gasteiger partial charge in [-0.05, 0) is 48.6 Å². The highest BCUT2D eigenvalue weighted by Gasteiger charge is 2.13. The summed E-state index contributed by atoms with van der Waals surface area (Å²) in [6, 6.07) is 3.24. The Hall–Kier alpha value is -0.490. The number of ether oxygens (including phenoxy) is 1. The van der Waals surface area contributed by atoms with Crippen LogP contribution in [0.3, 0.4) is 0 Å². The SMILES string of the molecule is CC(C)Oc1cc(I)c(Cl)cc1C(N)=O. The molecule has 0 heterocycles. The molecule has 82 valence electrons. The third kappa shape index (κ3) is 3.24. The largest absolute Gasteiger partial charge is 0.490 e. The van der Waals surface area contributed by atoms with Gasteiger partial charge < -0.3 is 10.5 Å². The number of carbonyl (C=O) groups is 1. The Morgan fingerprint density at radius 2 is 2.13 bits per heavy atom. The highest BCUT2D eigenvalue weighted by Crippen LogP contribution is 2.28. The summed E-state index contributed by atoms with van der Waals surface area (Å²) < 4.78 is 6.31. The summed E-state index contributed by atoms with van der Waals surface area (Å²) in [6.07, 6.45) is -0.0138. The molecule has 0 saturated carbocycles. The molecule has 0 aliphatic rings. The van der Waals surface area contributed by atoms with Gasteiger partial charge in [0.2, 0.25) is 0 Å². The van der Waals surface area contributed by atoms with Crippen molar-refractivity contribution in [1.82, 2.24) is 0 Å². The number of rotatable bonds is 3. The van der Waals surface area contributed by atoms with Crippen LogP contribution in [0.15, 0.2) is 12.1 Å². The summed E-state index contributed by atoms with van der Waals surface area (Å²) in [5, 5.41) is 0.500. The van der Waals surface area contributed by atoms with Crippen LogP contribution in [0.1, 0.15) is 24.2 Å². The van der Waals surface area contributed by atoms with Gasteiger partial charge in [-0.2, -0.15) is 0 Å². The highest BCUT2D eigenvalue weighted by molar-refractivity contribution is 14.1. The molecule has 0 fully saturated rings. The number of amides is 1. The zero-order valence-electron chi connectivity index (χ0n) is 8.38. The smallest absolute Gasteiger partial charge is 0.252 e. The molecular formula is C10H11ClINO2. The van der Waals surface area contributed by atoms with Crippen molar-refractivity contribution in [2.45, 2.75) is 20.0 Å². The van der Waals surface area contributed by atoms with E-state index in [1.165, 1.54) is 6.07 Å². The van der Waals surface area contributed by atoms with E-state index < -0.39 is 5.91 Å². The Bertz CT molecular complexity index is 393. The molecule has 0 spiro atoms. The molecule has 0 atom stereocenters. The molecular weight excluding hydrogens is 328 g/mol. The van der Waals surface area contributed by atoms with Gasteiger partial charge in [-0.1, -0.05) is 11.6 Å². The molecule has 0 aromatic heterocycles. The third-order valence-corrected chi connectivity index (χ3v) is 3.17. The quantitative estimate of drug-likeness (QED) is 0.861. The van der Waals surface area contributed by atoms with E-state index in [-0.39, 0.29) is 6.10 Å². The van der Waals surface area contributed by atoms with Gasteiger partial charge in [0.25, 0.3) is 5.91 Å². The van der Waals surface area contributed by atoms with Crippen molar-refractivity contribution >= 4 is 40.1 Å². The second kappa shape index (κ2) is 5.03. The van der Waals surface area contributed by atoms with Gasteiger partial charge in [-0.3, -0.25) is 4.79 Å². The van der Waals surface area contributed by atoms with Crippen LogP contribution in [0.25, 0.3) is 0 Å². The van der Waals surface area contributed by atoms with Crippen LogP contribution >= 0.6 is 34.2 Å². The van der Waals surface area contributed by atoms with Crippen LogP contribution in [-0.4, -0.2) is 12.0 Å². The van der Waals surface area contributed by atoms with Gasteiger partial charge in [0, 0.05) is 3.57 Å². The second-order valence-electron chi connectivity index (χ2n) is 3.29. The zero-order chi connectivity index (χ0) is 11.6. The Morgan fingerprint density at radius 1 is 1.53 bits per heavy atom. The predicted molar refractivity (Wildman–Crippen MR) is 68.5 cm³/mol. The van der Waals surface area contributed by atoms with Crippen molar-refractivity contribution in [1.29, 1.82) is 0 Å². The summed E-state index contributed by atoms with van der Waals surface area (Å²) in [6.45, 7) is 3.76. The maximum absolute atomic E-state index is 11.1. The molecule has 0 unspecified atom stereocenters. The van der Waals surface area contributed by atoms with Gasteiger partial charge in [0.1, 0.15) is 5.75 Å². The zero-order valence-corrected chi connectivity index (χ0v) is 11.3. The van der Waals surface area contributed by atoms with Crippen LogP contribution in [-0.2, 0) is 0 Å². The molecule has 2 N–H and O–H groups in total. The van der Waals surface area contributed by atoms with E-state index in [9.17, 15) is 4.79 Å². The third-order valence-electron chi connectivity index (χ3n) is 1.65. The lowest BCUT2D eigenvalue weighted by Crippen LogP contribution is -2.15. The molecule has 0 radical (unpaired) electrons. The van der Waals surface area contributed by atoms with Gasteiger partial charge in [-0.15, -0.1) is 0 Å². The number of benzene rings is 1. The number of halogens is 2. The van der Waals surface area contributed by atoms with Gasteiger partial charge >= 0.3 is 0 Å². The van der Waals surface area contributed by atoms with Crippen LogP contribution < -0.4 is 10.5 Å². The first-order valence-electron chi connectivity index (χ1n) is 4.37. The second-order valence-corrected chi connectivity index (χ2v) is 4.86. The van der Waals surface area contributed by atoms with Crippen LogP contribution in [0.5, 0.6) is 5.75 Å². The predicted octanol–water partition coefficient (Wildman–Crippen LogP) is 2.83. The summed E-state index contributed by atoms with van der Waals surface area (Å²) in [5.41, 5.74) is 5.54. The summed E-state index contributed by atoms with van der Waals surface area (Å²) in [4.78, 5) is 11.1. The number of nitrogens with two attached hydrogens (primary N) is 1. The van der Waals surface area contributed by atoms with Gasteiger partial charge in [0.05, 0.1) is 16.7 Å². The fourth-order valence-electron chi connectivity index (χ4n) is 1.07. The van der Waals surface area contributed by atoms with Gasteiger partial charge in [0.15, 0.2) is 0 Å². The Labute approximate surface area is 107 Å². The number of hydrogen-bond acceptors (Lipinski definition) is 2. The molecule has 0 aliphatic heterocycles. The molecule has 15 heavy (non-hydrogen) atoms. The molecule has 1 aromatic rings. The fourth-order valence-corrected chi connectivity index (χ4v) is 1.67. The first kappa shape index (κ1) is 12.6. The lowest BCUT2D eigenvalue weighted by atomic mass is 10.2. The van der Waals surface area contributed by atoms with Crippen molar-refractivity contribution < 1.29 is 9.53 Å². The Kier molecular flexibility index (Phi) is 4.21. The Morgan fingerprint density at radius 3 is 2.60 bits per heavy atom. The van der Waals surface area contributed by atoms with E-state index in [0.717, 1.165) is 3.57 Å². The molecule has 3 nitrogen and oxygen atoms in total. The number of hydrogen-bond donors (Lipinski definition) is 1. The topological polar surface area (TPSA) is 52.3 Å². The number of carbonyl (C=O) groups excluding carboxylic acids is 1. The molecule has 0 saturated heterocycles. The molecule has 0 bridgehead atoms. The maximum Gasteiger partial charge on any atom is 0.252 e. The van der Waals surface area contributed by atoms with Crippen molar-refractivity contribution in [3.05, 3.63) is 26.3 Å². The minimum absolute atomic E-state index is 0.0138. The van der Waals surface area contributed by atoms with Crippen molar-refractivity contribution in [3.63, 3.8) is 0 Å². The van der Waals surface area contributed by atoms with E-state index >= 15 is 0 Å². The number of primary amides is 1. The first-order valence-corrected chi connectivity index (χ1v) is 5.83. The summed E-state index contributed by atoms with van der Waals surface area (Å²) in [5.74, 6) is -0.0600. The van der Waals surface area contributed by atoms with Crippen LogP contribution in [0, 0.1) is 3.57 Å². The minimum atomic E-state index is -0.538. The molecule has 5 heteroatoms. The van der Waals surface area contributed by atoms with Crippen LogP contribution in [0.4, 0.5) is 0 Å². The van der Waals surface area contributed by atoms with Crippen LogP contribution in [0.2, 0.25) is 5.02 Å². The van der Waals surface area contributed by atoms with Crippen molar-refractivity contribution in [2.75, 3.05) is 0 Å². The average molecular weight is 340 g/mol. The van der Waals surface area contributed by atoms with E-state index in [1.807, 2.05) is 13.8 Å². The van der Waals surface area contributed by atoms with E-state index in [1.54, 1.807) is 6.07 Å². The molecule has 0 aliphatic carbocycles. The standard InChI is InChI=1S/C10H11ClINO2/c1-5(2)15-9-4-8(12)7(11)3-6(9)10(13)14/h3-5H,1-2H3,(H2,13,14). The van der Waals surface area contributed by atoms with E-state index in [2.05, 4.69) is 22.6 Å². The molecule has 1 aromatic carbocycles. The first-order chi connectivity index (χ1) is 6.91. The average Bonchev–Trinajstić information content (AvgIpc) is 2.09. The normalized spacial score (nSPS) is 10.5. The molecule has 1 amide bonds. The Balaban J connectivity index is 3.22. The lowest BCUT2D eigenvalue weighted by Gasteiger charge is -2.13. The summed E-state index contributed by atoms with van der Waals surface area (Å²) in [7, 11) is 0. The van der Waals surface area contributed by atoms with E-state index in [0.29, 0.717) is 16.3 Å². The molecule has 1 rings (SSSR count). The lowest BCUT2D eigenvalue weighted by molar-refractivity contribution is 0.0994. The van der Waals surface area contributed by atoms with Crippen molar-refractivity contribution in [2.24, 2.45) is 5.73 Å². The summed E-state index contributed by atoms with van der Waals surface area (Å²) >= 11 is 7.97. The fraction of sp³-hybridized carbons (Fsp3) is 0.300. The minimum Gasteiger partial charge on any atom is -0.490 e. The van der Waals surface area contributed by atoms with Gasteiger partial charge in [-0.25, -0.2) is 0 Å². The maximum atomic E-state index is 11.1. The highest BCUT2D eigenvalue weighted by atomic mass is 127. The monoisotopic (exact) mass is 339 g/mol. The van der Waals surface area contributed by atoms with E-state index in [4.69, 9.17) is 22.1 Å².